The van der Waals surface area contributed by atoms with Gasteiger partial charge in [0.15, 0.2) is 5.82 Å². The van der Waals surface area contributed by atoms with Crippen LogP contribution in [0.2, 0.25) is 0 Å². The molecule has 0 saturated carbocycles. The predicted molar refractivity (Wildman–Crippen MR) is 104 cm³/mol. The Labute approximate surface area is 157 Å². The van der Waals surface area contributed by atoms with Crippen molar-refractivity contribution in [2.45, 2.75) is 44.1 Å². The van der Waals surface area contributed by atoms with Gasteiger partial charge in [0.2, 0.25) is 5.91 Å². The first kappa shape index (κ1) is 18.4. The lowest BCUT2D eigenvalue weighted by atomic mass is 10.1. The minimum atomic E-state index is -0.230. The van der Waals surface area contributed by atoms with E-state index in [1.807, 2.05) is 42.7 Å². The number of pyridine rings is 1. The molecule has 2 aromatic heterocycles. The van der Waals surface area contributed by atoms with Crippen LogP contribution in [0, 0.1) is 6.92 Å². The summed E-state index contributed by atoms with van der Waals surface area (Å²) in [7, 11) is 1.80. The van der Waals surface area contributed by atoms with E-state index in [4.69, 9.17) is 0 Å². The first-order chi connectivity index (χ1) is 12.5. The van der Waals surface area contributed by atoms with Gasteiger partial charge in [0.1, 0.15) is 6.33 Å². The van der Waals surface area contributed by atoms with Crippen molar-refractivity contribution >= 4 is 28.6 Å². The van der Waals surface area contributed by atoms with E-state index in [1.165, 1.54) is 17.3 Å². The van der Waals surface area contributed by atoms with Crippen LogP contribution in [0.1, 0.15) is 25.2 Å². The van der Waals surface area contributed by atoms with Crippen LogP contribution in [0.25, 0.3) is 10.9 Å². The highest BCUT2D eigenvalue weighted by Crippen LogP contribution is 2.27. The number of thioether (sulfide) groups is 1. The normalized spacial score (nSPS) is 12.3. The number of rotatable bonds is 6. The van der Waals surface area contributed by atoms with Crippen LogP contribution in [-0.4, -0.2) is 42.9 Å². The maximum absolute atomic E-state index is 12.7. The summed E-state index contributed by atoms with van der Waals surface area (Å²) in [6.45, 7) is 7.25. The van der Waals surface area contributed by atoms with Gasteiger partial charge in [-0.1, -0.05) is 30.0 Å². The van der Waals surface area contributed by atoms with Gasteiger partial charge in [0.05, 0.1) is 22.3 Å². The highest BCUT2D eigenvalue weighted by atomic mass is 32.2. The molecular weight excluding hydrogens is 346 g/mol. The zero-order chi connectivity index (χ0) is 18.7. The standard InChI is InChI=1S/C19H23N5OS/c1-5-24-12-20-22-17(24)11-23(4)19(25)14(3)26-18-10-13(2)15-8-6-7-9-16(15)21-18/h6-10,12,14H,5,11H2,1-4H3. The van der Waals surface area contributed by atoms with E-state index < -0.39 is 0 Å². The Bertz CT molecular complexity index is 923. The first-order valence-corrected chi connectivity index (χ1v) is 9.52. The van der Waals surface area contributed by atoms with E-state index in [9.17, 15) is 4.79 Å². The maximum Gasteiger partial charge on any atom is 0.235 e. The summed E-state index contributed by atoms with van der Waals surface area (Å²) in [6.07, 6.45) is 1.69. The summed E-state index contributed by atoms with van der Waals surface area (Å²) in [5, 5.41) is 9.80. The van der Waals surface area contributed by atoms with Gasteiger partial charge in [0.25, 0.3) is 0 Å². The van der Waals surface area contributed by atoms with E-state index in [1.54, 1.807) is 18.3 Å². The molecule has 0 fully saturated rings. The van der Waals surface area contributed by atoms with Gasteiger partial charge in [-0.05, 0) is 38.5 Å². The number of aromatic nitrogens is 4. The van der Waals surface area contributed by atoms with E-state index >= 15 is 0 Å². The monoisotopic (exact) mass is 369 g/mol. The number of para-hydroxylation sites is 1. The molecule has 0 radical (unpaired) electrons. The Hall–Kier alpha value is -2.41. The summed E-state index contributed by atoms with van der Waals surface area (Å²) in [5.41, 5.74) is 2.13. The fraction of sp³-hybridized carbons (Fsp3) is 0.368. The van der Waals surface area contributed by atoms with Gasteiger partial charge in [-0.15, -0.1) is 10.2 Å². The van der Waals surface area contributed by atoms with Gasteiger partial charge in [-0.3, -0.25) is 4.79 Å². The molecule has 0 spiro atoms. The molecule has 1 amide bonds. The van der Waals surface area contributed by atoms with Crippen molar-refractivity contribution in [3.63, 3.8) is 0 Å². The fourth-order valence-corrected chi connectivity index (χ4v) is 3.92. The minimum absolute atomic E-state index is 0.0493. The SMILES string of the molecule is CCn1cnnc1CN(C)C(=O)C(C)Sc1cc(C)c2ccccc2n1. The second-order valence-corrected chi connectivity index (χ2v) is 7.64. The minimum Gasteiger partial charge on any atom is -0.337 e. The highest BCUT2D eigenvalue weighted by molar-refractivity contribution is 8.00. The molecular formula is C19H23N5OS. The van der Waals surface area contributed by atoms with Crippen LogP contribution in [0.15, 0.2) is 41.7 Å². The average molecular weight is 369 g/mol. The van der Waals surface area contributed by atoms with Crippen molar-refractivity contribution < 1.29 is 4.79 Å². The molecule has 1 atom stereocenters. The number of carbonyl (C=O) groups is 1. The molecule has 1 aromatic carbocycles. The molecule has 0 aliphatic carbocycles. The number of hydrogen-bond donors (Lipinski definition) is 0. The zero-order valence-corrected chi connectivity index (χ0v) is 16.3. The maximum atomic E-state index is 12.7. The number of carbonyl (C=O) groups excluding carboxylic acids is 1. The third kappa shape index (κ3) is 3.88. The summed E-state index contributed by atoms with van der Waals surface area (Å²) < 4.78 is 1.94. The lowest BCUT2D eigenvalue weighted by Gasteiger charge is -2.21. The molecule has 26 heavy (non-hydrogen) atoms. The van der Waals surface area contributed by atoms with Crippen molar-refractivity contribution in [2.24, 2.45) is 0 Å². The quantitative estimate of drug-likeness (QED) is 0.624. The van der Waals surface area contributed by atoms with Crippen LogP contribution in [0.4, 0.5) is 0 Å². The molecule has 0 N–H and O–H groups in total. The molecule has 0 bridgehead atoms. The van der Waals surface area contributed by atoms with Crippen LogP contribution in [0.5, 0.6) is 0 Å². The number of hydrogen-bond acceptors (Lipinski definition) is 5. The third-order valence-corrected chi connectivity index (χ3v) is 5.34. The molecule has 1 unspecified atom stereocenters. The Morgan fingerprint density at radius 2 is 2.12 bits per heavy atom. The smallest absolute Gasteiger partial charge is 0.235 e. The van der Waals surface area contributed by atoms with Gasteiger partial charge >= 0.3 is 0 Å². The third-order valence-electron chi connectivity index (χ3n) is 4.34. The van der Waals surface area contributed by atoms with Crippen LogP contribution in [-0.2, 0) is 17.9 Å². The number of aryl methyl sites for hydroxylation is 2. The second-order valence-electron chi connectivity index (χ2n) is 6.28. The molecule has 6 nitrogen and oxygen atoms in total. The van der Waals surface area contributed by atoms with Crippen LogP contribution in [0.3, 0.4) is 0 Å². The Morgan fingerprint density at radius 1 is 1.35 bits per heavy atom. The van der Waals surface area contributed by atoms with Gasteiger partial charge in [0, 0.05) is 19.0 Å². The number of nitrogens with zero attached hydrogens (tertiary/aromatic N) is 5. The summed E-state index contributed by atoms with van der Waals surface area (Å²) in [6, 6.07) is 10.1. The highest BCUT2D eigenvalue weighted by Gasteiger charge is 2.21. The van der Waals surface area contributed by atoms with Crippen LogP contribution >= 0.6 is 11.8 Å². The van der Waals surface area contributed by atoms with Crippen molar-refractivity contribution in [2.75, 3.05) is 7.05 Å². The molecule has 136 valence electrons. The van der Waals surface area contributed by atoms with Crippen molar-refractivity contribution in [3.8, 4) is 0 Å². The van der Waals surface area contributed by atoms with E-state index in [-0.39, 0.29) is 11.2 Å². The number of benzene rings is 1. The molecule has 3 rings (SSSR count). The summed E-state index contributed by atoms with van der Waals surface area (Å²) in [5.74, 6) is 0.841. The van der Waals surface area contributed by atoms with Gasteiger partial charge in [-0.2, -0.15) is 0 Å². The number of fused-ring (bicyclic) bond motifs is 1. The largest absolute Gasteiger partial charge is 0.337 e. The Balaban J connectivity index is 1.71. The Morgan fingerprint density at radius 3 is 2.88 bits per heavy atom. The van der Waals surface area contributed by atoms with E-state index in [0.717, 1.165) is 28.3 Å². The summed E-state index contributed by atoms with van der Waals surface area (Å²) >= 11 is 1.49. The van der Waals surface area contributed by atoms with Gasteiger partial charge in [-0.25, -0.2) is 4.98 Å². The molecule has 2 heterocycles. The topological polar surface area (TPSA) is 63.9 Å². The lowest BCUT2D eigenvalue weighted by Crippen LogP contribution is -2.33. The van der Waals surface area contributed by atoms with Crippen molar-refractivity contribution in [1.82, 2.24) is 24.6 Å². The summed E-state index contributed by atoms with van der Waals surface area (Å²) in [4.78, 5) is 19.1. The molecule has 0 saturated heterocycles. The number of amides is 1. The van der Waals surface area contributed by atoms with E-state index in [2.05, 4.69) is 28.2 Å². The predicted octanol–water partition coefficient (Wildman–Crippen LogP) is 3.29. The molecule has 3 aromatic rings. The van der Waals surface area contributed by atoms with Crippen LogP contribution < -0.4 is 0 Å². The molecule has 0 aliphatic heterocycles. The second kappa shape index (κ2) is 7.86. The van der Waals surface area contributed by atoms with Crippen molar-refractivity contribution in [3.05, 3.63) is 48.0 Å². The fourth-order valence-electron chi connectivity index (χ4n) is 2.88. The van der Waals surface area contributed by atoms with Gasteiger partial charge < -0.3 is 9.47 Å². The van der Waals surface area contributed by atoms with Crippen molar-refractivity contribution in [1.29, 1.82) is 0 Å². The average Bonchev–Trinajstić information content (AvgIpc) is 3.08. The first-order valence-electron chi connectivity index (χ1n) is 8.64. The zero-order valence-electron chi connectivity index (χ0n) is 15.5. The molecule has 7 heteroatoms. The Kier molecular flexibility index (Phi) is 5.56. The lowest BCUT2D eigenvalue weighted by molar-refractivity contribution is -0.129. The van der Waals surface area contributed by atoms with E-state index in [0.29, 0.717) is 6.54 Å². The molecule has 0 aliphatic rings.